The Morgan fingerprint density at radius 1 is 1.24 bits per heavy atom. The second-order valence-electron chi connectivity index (χ2n) is 9.16. The maximum atomic E-state index is 12.7. The number of amides is 2. The van der Waals surface area contributed by atoms with Crippen LogP contribution in [0.2, 0.25) is 0 Å². The summed E-state index contributed by atoms with van der Waals surface area (Å²) >= 11 is 1.48. The van der Waals surface area contributed by atoms with Crippen LogP contribution in [0, 0.1) is 5.92 Å². The van der Waals surface area contributed by atoms with Gasteiger partial charge >= 0.3 is 12.0 Å². The van der Waals surface area contributed by atoms with Gasteiger partial charge in [-0.05, 0) is 44.9 Å². The molecule has 0 radical (unpaired) electrons. The topological polar surface area (TPSA) is 111 Å². The zero-order valence-corrected chi connectivity index (χ0v) is 21.2. The minimum atomic E-state index is -0.401. The van der Waals surface area contributed by atoms with Gasteiger partial charge in [-0.25, -0.2) is 9.59 Å². The van der Waals surface area contributed by atoms with Crippen molar-refractivity contribution in [1.29, 1.82) is 0 Å². The number of thioether (sulfide) groups is 1. The van der Waals surface area contributed by atoms with Crippen LogP contribution in [0.25, 0.3) is 0 Å². The highest BCUT2D eigenvalue weighted by Gasteiger charge is 2.32. The zero-order chi connectivity index (χ0) is 24.1. The minimum absolute atomic E-state index is 0.148. The molecule has 1 aromatic heterocycles. The van der Waals surface area contributed by atoms with Crippen LogP contribution in [-0.4, -0.2) is 71.0 Å². The first-order valence-electron chi connectivity index (χ1n) is 12.4. The number of hydrogen-bond acceptors (Lipinski definition) is 8. The van der Waals surface area contributed by atoms with Crippen LogP contribution >= 0.6 is 11.8 Å². The fraction of sp³-hybridized carbons (Fsp3) is 0.739. The molecule has 0 saturated carbocycles. The molecule has 10 nitrogen and oxygen atoms in total. The van der Waals surface area contributed by atoms with Crippen molar-refractivity contribution in [2.24, 2.45) is 5.92 Å². The molecule has 2 fully saturated rings. The lowest BCUT2D eigenvalue weighted by Gasteiger charge is -2.31. The maximum absolute atomic E-state index is 12.7. The Morgan fingerprint density at radius 3 is 2.71 bits per heavy atom. The molecule has 0 aliphatic carbocycles. The molecule has 3 aliphatic heterocycles. The molecule has 4 rings (SSSR count). The Labute approximate surface area is 205 Å². The van der Waals surface area contributed by atoms with Gasteiger partial charge in [0.25, 0.3) is 0 Å². The van der Waals surface area contributed by atoms with E-state index in [0.29, 0.717) is 30.0 Å². The van der Waals surface area contributed by atoms with Crippen molar-refractivity contribution >= 4 is 29.7 Å². The van der Waals surface area contributed by atoms with Crippen LogP contribution in [0.5, 0.6) is 0 Å². The number of urea groups is 1. The van der Waals surface area contributed by atoms with Crippen molar-refractivity contribution in [3.05, 3.63) is 11.3 Å². The summed E-state index contributed by atoms with van der Waals surface area (Å²) in [5.74, 6) is 1.59. The molecule has 2 saturated heterocycles. The third-order valence-corrected chi connectivity index (χ3v) is 7.66. The van der Waals surface area contributed by atoms with E-state index in [1.165, 1.54) is 11.8 Å². The van der Waals surface area contributed by atoms with Gasteiger partial charge < -0.3 is 25.0 Å². The average Bonchev–Trinajstić information content (AvgIpc) is 3.48. The highest BCUT2D eigenvalue weighted by atomic mass is 32.2. The van der Waals surface area contributed by atoms with Crippen molar-refractivity contribution in [2.75, 3.05) is 37.0 Å². The zero-order valence-electron chi connectivity index (χ0n) is 20.3. The summed E-state index contributed by atoms with van der Waals surface area (Å²) < 4.78 is 13.3. The molecule has 188 valence electrons. The molecule has 0 spiro atoms. The van der Waals surface area contributed by atoms with E-state index < -0.39 is 5.97 Å². The quantitative estimate of drug-likeness (QED) is 0.400. The highest BCUT2D eigenvalue weighted by molar-refractivity contribution is 7.99. The van der Waals surface area contributed by atoms with Crippen molar-refractivity contribution in [2.45, 2.75) is 76.7 Å². The number of piperidine rings is 1. The molecule has 2 N–H and O–H groups in total. The first-order chi connectivity index (χ1) is 16.5. The number of hydrogen-bond donors (Lipinski definition) is 2. The second kappa shape index (κ2) is 11.4. The summed E-state index contributed by atoms with van der Waals surface area (Å²) in [6.07, 6.45) is 5.12. The lowest BCUT2D eigenvalue weighted by molar-refractivity contribution is -0.139. The van der Waals surface area contributed by atoms with E-state index in [0.717, 1.165) is 62.4 Å². The molecular formula is C23H36N6O4S. The van der Waals surface area contributed by atoms with Gasteiger partial charge in [0, 0.05) is 31.1 Å². The van der Waals surface area contributed by atoms with Crippen LogP contribution in [0.1, 0.15) is 52.9 Å². The summed E-state index contributed by atoms with van der Waals surface area (Å²) in [6.45, 7) is 9.71. The third kappa shape index (κ3) is 5.68. The molecule has 2 unspecified atom stereocenters. The van der Waals surface area contributed by atoms with E-state index in [1.807, 2.05) is 6.92 Å². The van der Waals surface area contributed by atoms with Crippen molar-refractivity contribution < 1.29 is 19.1 Å². The van der Waals surface area contributed by atoms with Crippen molar-refractivity contribution in [3.63, 3.8) is 0 Å². The maximum Gasteiger partial charge on any atom is 0.337 e. The first-order valence-corrected chi connectivity index (χ1v) is 13.4. The predicted octanol–water partition coefficient (Wildman–Crippen LogP) is 2.69. The standard InChI is InChI=1S/C23H36N6O4S/c1-4-17-19(20(30)32-5-2)18(25-21(31)24-17)14-34-23-27-26-22(28-10-8-15(3)9-11-28)29(23)13-16-7-6-12-33-16/h15-17H,4-14H2,1-3H3,(H2,24,25,31). The monoisotopic (exact) mass is 492 g/mol. The summed E-state index contributed by atoms with van der Waals surface area (Å²) in [7, 11) is 0. The smallest absolute Gasteiger partial charge is 0.337 e. The van der Waals surface area contributed by atoms with E-state index in [-0.39, 0.29) is 24.8 Å². The van der Waals surface area contributed by atoms with Gasteiger partial charge in [0.15, 0.2) is 5.16 Å². The summed E-state index contributed by atoms with van der Waals surface area (Å²) in [5, 5.41) is 15.5. The first kappa shape index (κ1) is 24.8. The Morgan fingerprint density at radius 2 is 2.03 bits per heavy atom. The normalized spacial score (nSPS) is 23.7. The fourth-order valence-electron chi connectivity index (χ4n) is 4.69. The van der Waals surface area contributed by atoms with Gasteiger partial charge in [-0.1, -0.05) is 25.6 Å². The van der Waals surface area contributed by atoms with Gasteiger partial charge in [0.1, 0.15) is 0 Å². The largest absolute Gasteiger partial charge is 0.463 e. The number of ether oxygens (including phenoxy) is 2. The van der Waals surface area contributed by atoms with Crippen LogP contribution in [-0.2, 0) is 20.8 Å². The number of esters is 1. The highest BCUT2D eigenvalue weighted by Crippen LogP contribution is 2.30. The molecule has 4 heterocycles. The molecule has 0 aromatic carbocycles. The Hall–Kier alpha value is -2.27. The van der Waals surface area contributed by atoms with E-state index in [4.69, 9.17) is 9.47 Å². The number of aromatic nitrogens is 3. The van der Waals surface area contributed by atoms with Gasteiger partial charge in [0.2, 0.25) is 5.95 Å². The number of carbonyl (C=O) groups is 2. The van der Waals surface area contributed by atoms with Gasteiger partial charge in [0.05, 0.1) is 30.9 Å². The molecule has 2 atom stereocenters. The minimum Gasteiger partial charge on any atom is -0.463 e. The van der Waals surface area contributed by atoms with E-state index >= 15 is 0 Å². The van der Waals surface area contributed by atoms with Gasteiger partial charge in [-0.15, -0.1) is 10.2 Å². The molecule has 0 bridgehead atoms. The number of rotatable bonds is 9. The Kier molecular flexibility index (Phi) is 8.36. The molecule has 2 amide bonds. The number of anilines is 1. The van der Waals surface area contributed by atoms with E-state index in [1.54, 1.807) is 6.92 Å². The lowest BCUT2D eigenvalue weighted by Crippen LogP contribution is -2.50. The second-order valence-corrected chi connectivity index (χ2v) is 10.1. The Balaban J connectivity index is 1.58. The molecular weight excluding hydrogens is 456 g/mol. The van der Waals surface area contributed by atoms with E-state index in [2.05, 4.69) is 37.2 Å². The summed E-state index contributed by atoms with van der Waals surface area (Å²) in [6, 6.07) is -0.682. The molecule has 3 aliphatic rings. The molecule has 34 heavy (non-hydrogen) atoms. The number of nitrogens with one attached hydrogen (secondary N) is 2. The predicted molar refractivity (Wildman–Crippen MR) is 130 cm³/mol. The Bertz CT molecular complexity index is 905. The van der Waals surface area contributed by atoms with Crippen LogP contribution in [0.15, 0.2) is 16.4 Å². The third-order valence-electron chi connectivity index (χ3n) is 6.67. The van der Waals surface area contributed by atoms with Crippen LogP contribution < -0.4 is 15.5 Å². The van der Waals surface area contributed by atoms with Gasteiger partial charge in [-0.3, -0.25) is 4.57 Å². The lowest BCUT2D eigenvalue weighted by atomic mass is 10.00. The van der Waals surface area contributed by atoms with Gasteiger partial charge in [-0.2, -0.15) is 0 Å². The summed E-state index contributed by atoms with van der Waals surface area (Å²) in [5.41, 5.74) is 1.05. The van der Waals surface area contributed by atoms with Crippen molar-refractivity contribution in [1.82, 2.24) is 25.4 Å². The molecule has 1 aromatic rings. The molecule has 11 heteroatoms. The van der Waals surface area contributed by atoms with Crippen molar-refractivity contribution in [3.8, 4) is 0 Å². The van der Waals surface area contributed by atoms with Crippen LogP contribution in [0.4, 0.5) is 10.7 Å². The number of nitrogens with zero attached hydrogens (tertiary/aromatic N) is 4. The van der Waals surface area contributed by atoms with E-state index in [9.17, 15) is 9.59 Å². The SMILES string of the molecule is CCOC(=O)C1=C(CSc2nnc(N3CCC(C)CC3)n2CC2CCCO2)NC(=O)NC1CC. The number of carbonyl (C=O) groups excluding carboxylic acids is 2. The van der Waals surface area contributed by atoms with Crippen LogP contribution in [0.3, 0.4) is 0 Å². The average molecular weight is 493 g/mol. The fourth-order valence-corrected chi connectivity index (χ4v) is 5.61. The summed E-state index contributed by atoms with van der Waals surface area (Å²) in [4.78, 5) is 27.2.